The number of amides is 2. The lowest BCUT2D eigenvalue weighted by molar-refractivity contribution is -0.146. The maximum atomic E-state index is 13.3. The number of likely N-dealkylation sites (tertiary alicyclic amines) is 1. The number of carbonyl (C=O) groups excluding carboxylic acids is 2. The summed E-state index contributed by atoms with van der Waals surface area (Å²) in [4.78, 5) is 31.9. The summed E-state index contributed by atoms with van der Waals surface area (Å²) < 4.78 is 5.36. The van der Waals surface area contributed by atoms with E-state index >= 15 is 0 Å². The zero-order valence-electron chi connectivity index (χ0n) is 18.2. The van der Waals surface area contributed by atoms with Crippen molar-refractivity contribution < 1.29 is 14.3 Å². The minimum atomic E-state index is -0.684. The largest absolute Gasteiger partial charge is 0.378 e. The molecular formula is C22H36N4O3. The van der Waals surface area contributed by atoms with Gasteiger partial charge in [0.2, 0.25) is 11.8 Å². The van der Waals surface area contributed by atoms with Crippen molar-refractivity contribution in [3.8, 4) is 6.07 Å². The number of nitrogens with zero attached hydrogens (tertiary/aromatic N) is 4. The fourth-order valence-electron chi connectivity index (χ4n) is 5.01. The molecule has 29 heavy (non-hydrogen) atoms. The van der Waals surface area contributed by atoms with Gasteiger partial charge in [-0.15, -0.1) is 0 Å². The normalized spacial score (nSPS) is 32.3. The fraction of sp³-hybridized carbons (Fsp3) is 0.864. The highest BCUT2D eigenvalue weighted by Gasteiger charge is 2.43. The first-order valence-corrected chi connectivity index (χ1v) is 11.2. The van der Waals surface area contributed by atoms with Gasteiger partial charge in [0.15, 0.2) is 0 Å². The maximum absolute atomic E-state index is 13.3. The third-order valence-corrected chi connectivity index (χ3v) is 7.31. The summed E-state index contributed by atoms with van der Waals surface area (Å²) in [7, 11) is 1.79. The van der Waals surface area contributed by atoms with E-state index in [0.29, 0.717) is 38.8 Å². The second-order valence-electron chi connectivity index (χ2n) is 9.17. The van der Waals surface area contributed by atoms with Crippen molar-refractivity contribution in [2.24, 2.45) is 11.8 Å². The van der Waals surface area contributed by atoms with E-state index in [2.05, 4.69) is 17.9 Å². The number of morpholine rings is 1. The second-order valence-corrected chi connectivity index (χ2v) is 9.17. The summed E-state index contributed by atoms with van der Waals surface area (Å²) >= 11 is 0. The van der Waals surface area contributed by atoms with Crippen LogP contribution >= 0.6 is 0 Å². The van der Waals surface area contributed by atoms with Crippen LogP contribution < -0.4 is 0 Å². The minimum Gasteiger partial charge on any atom is -0.378 e. The number of piperidine rings is 1. The Kier molecular flexibility index (Phi) is 7.18. The first kappa shape index (κ1) is 22.0. The number of carbonyl (C=O) groups is 2. The Balaban J connectivity index is 1.62. The molecule has 0 aromatic carbocycles. The van der Waals surface area contributed by atoms with Crippen molar-refractivity contribution >= 4 is 11.8 Å². The molecule has 1 aliphatic carbocycles. The van der Waals surface area contributed by atoms with Gasteiger partial charge in [0.25, 0.3) is 0 Å². The monoisotopic (exact) mass is 404 g/mol. The summed E-state index contributed by atoms with van der Waals surface area (Å²) in [6.07, 6.45) is 5.26. The number of hydrogen-bond donors (Lipinski definition) is 0. The third-order valence-electron chi connectivity index (χ3n) is 7.31. The molecule has 7 heteroatoms. The van der Waals surface area contributed by atoms with Crippen molar-refractivity contribution in [1.29, 1.82) is 5.26 Å². The first-order chi connectivity index (χ1) is 13.9. The molecule has 3 aliphatic rings. The molecule has 2 atom stereocenters. The summed E-state index contributed by atoms with van der Waals surface area (Å²) in [5.41, 5.74) is -0.684. The first-order valence-electron chi connectivity index (χ1n) is 11.2. The standard InChI is InChI=1S/C22H36N4O3/c1-17-6-8-22(16-23,9-7-17)24(3)20(27)18(2)26-10-4-5-19(15-26)21(28)25-11-13-29-14-12-25/h17-19H,4-15H2,1-3H3. The van der Waals surface area contributed by atoms with Crippen molar-refractivity contribution in [3.63, 3.8) is 0 Å². The molecule has 2 saturated heterocycles. The molecule has 1 saturated carbocycles. The van der Waals surface area contributed by atoms with Crippen LogP contribution in [0.15, 0.2) is 0 Å². The van der Waals surface area contributed by atoms with E-state index in [-0.39, 0.29) is 23.8 Å². The third kappa shape index (κ3) is 4.75. The zero-order valence-corrected chi connectivity index (χ0v) is 18.2. The molecule has 2 aliphatic heterocycles. The van der Waals surface area contributed by atoms with Crippen LogP contribution in [-0.4, -0.2) is 84.5 Å². The highest BCUT2D eigenvalue weighted by atomic mass is 16.5. The van der Waals surface area contributed by atoms with Crippen molar-refractivity contribution in [1.82, 2.24) is 14.7 Å². The molecule has 0 aromatic rings. The highest BCUT2D eigenvalue weighted by molar-refractivity contribution is 5.83. The zero-order chi connectivity index (χ0) is 21.0. The van der Waals surface area contributed by atoms with Gasteiger partial charge >= 0.3 is 0 Å². The Morgan fingerprint density at radius 2 is 1.83 bits per heavy atom. The molecule has 0 radical (unpaired) electrons. The van der Waals surface area contributed by atoms with Crippen molar-refractivity contribution in [2.75, 3.05) is 46.4 Å². The van der Waals surface area contributed by atoms with Crippen LogP contribution in [0.25, 0.3) is 0 Å². The van der Waals surface area contributed by atoms with Crippen LogP contribution in [0.5, 0.6) is 0 Å². The van der Waals surface area contributed by atoms with Crippen LogP contribution in [0, 0.1) is 23.2 Å². The summed E-state index contributed by atoms with van der Waals surface area (Å²) in [6.45, 7) is 8.12. The Morgan fingerprint density at radius 1 is 1.17 bits per heavy atom. The van der Waals surface area contributed by atoms with Crippen LogP contribution in [0.4, 0.5) is 0 Å². The lowest BCUT2D eigenvalue weighted by Gasteiger charge is -2.44. The predicted octanol–water partition coefficient (Wildman–Crippen LogP) is 1.88. The quantitative estimate of drug-likeness (QED) is 0.715. The van der Waals surface area contributed by atoms with Crippen molar-refractivity contribution in [3.05, 3.63) is 0 Å². The molecule has 2 amide bonds. The van der Waals surface area contributed by atoms with Gasteiger partial charge in [-0.3, -0.25) is 14.5 Å². The summed E-state index contributed by atoms with van der Waals surface area (Å²) in [5, 5.41) is 9.88. The van der Waals surface area contributed by atoms with Gasteiger partial charge in [0, 0.05) is 26.7 Å². The van der Waals surface area contributed by atoms with Gasteiger partial charge in [-0.05, 0) is 57.9 Å². The van der Waals surface area contributed by atoms with E-state index < -0.39 is 5.54 Å². The Labute approximate surface area is 174 Å². The molecule has 0 spiro atoms. The lowest BCUT2D eigenvalue weighted by atomic mass is 9.77. The number of hydrogen-bond acceptors (Lipinski definition) is 5. The molecular weight excluding hydrogens is 368 g/mol. The maximum Gasteiger partial charge on any atom is 0.240 e. The van der Waals surface area contributed by atoms with Gasteiger partial charge < -0.3 is 14.5 Å². The van der Waals surface area contributed by atoms with E-state index in [1.54, 1.807) is 11.9 Å². The molecule has 0 N–H and O–H groups in total. The summed E-state index contributed by atoms with van der Waals surface area (Å²) in [6, 6.07) is 2.15. The SMILES string of the molecule is CC1CCC(C#N)(N(C)C(=O)C(C)N2CCCC(C(=O)N3CCOCC3)C2)CC1. The minimum absolute atomic E-state index is 0.000532. The molecule has 7 nitrogen and oxygen atoms in total. The van der Waals surface area contributed by atoms with E-state index in [0.717, 1.165) is 45.1 Å². The van der Waals surface area contributed by atoms with Gasteiger partial charge in [-0.1, -0.05) is 6.92 Å². The van der Waals surface area contributed by atoms with Gasteiger partial charge in [0.05, 0.1) is 31.2 Å². The molecule has 2 unspecified atom stereocenters. The number of rotatable bonds is 4. The number of nitriles is 1. The fourth-order valence-corrected chi connectivity index (χ4v) is 5.01. The van der Waals surface area contributed by atoms with Crippen LogP contribution in [-0.2, 0) is 14.3 Å². The highest BCUT2D eigenvalue weighted by Crippen LogP contribution is 2.36. The molecule has 3 rings (SSSR count). The van der Waals surface area contributed by atoms with Gasteiger partial charge in [-0.2, -0.15) is 5.26 Å². The number of ether oxygens (including phenoxy) is 1. The average molecular weight is 405 g/mol. The second kappa shape index (κ2) is 9.44. The van der Waals surface area contributed by atoms with Crippen molar-refractivity contribution in [2.45, 2.75) is 64.0 Å². The predicted molar refractivity (Wildman–Crippen MR) is 110 cm³/mol. The number of likely N-dealkylation sites (N-methyl/N-ethyl adjacent to an activating group) is 1. The summed E-state index contributed by atoms with van der Waals surface area (Å²) in [5.74, 6) is 0.760. The Hall–Kier alpha value is -1.65. The molecule has 2 heterocycles. The lowest BCUT2D eigenvalue weighted by Crippen LogP contribution is -2.58. The molecule has 0 bridgehead atoms. The smallest absolute Gasteiger partial charge is 0.240 e. The Bertz CT molecular complexity index is 632. The van der Waals surface area contributed by atoms with Crippen LogP contribution in [0.1, 0.15) is 52.4 Å². The van der Waals surface area contributed by atoms with E-state index in [1.807, 2.05) is 11.8 Å². The van der Waals surface area contributed by atoms with Gasteiger partial charge in [-0.25, -0.2) is 0 Å². The van der Waals surface area contributed by atoms with E-state index in [4.69, 9.17) is 4.74 Å². The topological polar surface area (TPSA) is 76.9 Å². The Morgan fingerprint density at radius 3 is 2.45 bits per heavy atom. The van der Waals surface area contributed by atoms with E-state index in [9.17, 15) is 14.9 Å². The van der Waals surface area contributed by atoms with Crippen LogP contribution in [0.2, 0.25) is 0 Å². The molecule has 162 valence electrons. The van der Waals surface area contributed by atoms with Crippen LogP contribution in [0.3, 0.4) is 0 Å². The van der Waals surface area contributed by atoms with Gasteiger partial charge in [0.1, 0.15) is 5.54 Å². The molecule has 3 fully saturated rings. The van der Waals surface area contributed by atoms with E-state index in [1.165, 1.54) is 0 Å². The molecule has 0 aromatic heterocycles. The average Bonchev–Trinajstić information content (AvgIpc) is 2.78.